The molecule has 1 atom stereocenters. The quantitative estimate of drug-likeness (QED) is 0.872. The van der Waals surface area contributed by atoms with Crippen LogP contribution in [0.15, 0.2) is 12.1 Å². The molecule has 1 N–H and O–H groups in total. The third kappa shape index (κ3) is 2.83. The van der Waals surface area contributed by atoms with Crippen molar-refractivity contribution >= 4 is 17.6 Å². The van der Waals surface area contributed by atoms with Gasteiger partial charge in [0.05, 0.1) is 0 Å². The van der Waals surface area contributed by atoms with Crippen molar-refractivity contribution in [3.63, 3.8) is 0 Å². The minimum absolute atomic E-state index is 0.157. The molecule has 3 nitrogen and oxygen atoms in total. The molecule has 82 valence electrons. The maximum atomic E-state index is 12.7. The molecule has 0 saturated heterocycles. The first-order chi connectivity index (χ1) is 6.91. The van der Waals surface area contributed by atoms with Crippen LogP contribution in [0.25, 0.3) is 0 Å². The lowest BCUT2D eigenvalue weighted by atomic mass is 10.1. The smallest absolute Gasteiger partial charge is 0.378 e. The fourth-order valence-electron chi connectivity index (χ4n) is 1.14. The van der Waals surface area contributed by atoms with Crippen LogP contribution >= 0.6 is 11.6 Å². The summed E-state index contributed by atoms with van der Waals surface area (Å²) in [4.78, 5) is 10.2. The molecule has 0 radical (unpaired) electrons. The average Bonchev–Trinajstić information content (AvgIpc) is 2.13. The fraction of sp³-hybridized carbons (Fsp3) is 0.300. The van der Waals surface area contributed by atoms with Gasteiger partial charge in [-0.05, 0) is 37.1 Å². The van der Waals surface area contributed by atoms with Gasteiger partial charge in [-0.3, -0.25) is 0 Å². The van der Waals surface area contributed by atoms with Gasteiger partial charge in [-0.15, -0.1) is 0 Å². The minimum atomic E-state index is -2.36. The molecule has 1 rings (SSSR count). The van der Waals surface area contributed by atoms with Gasteiger partial charge in [0.2, 0.25) is 0 Å². The van der Waals surface area contributed by atoms with Crippen LogP contribution in [0, 0.1) is 13.8 Å². The van der Waals surface area contributed by atoms with Crippen molar-refractivity contribution in [3.8, 4) is 5.75 Å². The van der Waals surface area contributed by atoms with E-state index in [9.17, 15) is 9.18 Å². The normalized spacial score (nSPS) is 12.3. The summed E-state index contributed by atoms with van der Waals surface area (Å²) in [6.45, 7) is 3.46. The number of alkyl halides is 1. The summed E-state index contributed by atoms with van der Waals surface area (Å²) in [5, 5.41) is 8.87. The Morgan fingerprint density at radius 3 is 2.33 bits per heavy atom. The van der Waals surface area contributed by atoms with Crippen molar-refractivity contribution in [1.29, 1.82) is 0 Å². The van der Waals surface area contributed by atoms with Crippen molar-refractivity contribution < 1.29 is 19.0 Å². The van der Waals surface area contributed by atoms with Crippen LogP contribution in [0.2, 0.25) is 5.02 Å². The second-order valence-corrected chi connectivity index (χ2v) is 3.52. The molecule has 0 amide bonds. The van der Waals surface area contributed by atoms with Gasteiger partial charge in [-0.1, -0.05) is 11.6 Å². The summed E-state index contributed by atoms with van der Waals surface area (Å²) in [5.74, 6) is -1.50. The number of hydrogen-bond acceptors (Lipinski definition) is 2. The predicted octanol–water partition coefficient (Wildman–Crippen LogP) is 2.72. The molecule has 0 aliphatic rings. The van der Waals surface area contributed by atoms with Crippen LogP contribution in [0.3, 0.4) is 0 Å². The van der Waals surface area contributed by atoms with Gasteiger partial charge < -0.3 is 9.84 Å². The second kappa shape index (κ2) is 4.49. The van der Waals surface area contributed by atoms with E-state index in [4.69, 9.17) is 16.7 Å². The highest BCUT2D eigenvalue weighted by Crippen LogP contribution is 2.26. The molecule has 1 aromatic rings. The van der Waals surface area contributed by atoms with Crippen LogP contribution in [0.5, 0.6) is 5.75 Å². The molecule has 0 aliphatic heterocycles. The average molecular weight is 233 g/mol. The van der Waals surface area contributed by atoms with Crippen molar-refractivity contribution in [2.24, 2.45) is 0 Å². The maximum absolute atomic E-state index is 12.7. The lowest BCUT2D eigenvalue weighted by Crippen LogP contribution is -2.21. The van der Waals surface area contributed by atoms with E-state index in [1.165, 1.54) is 12.1 Å². The molecule has 0 fully saturated rings. The summed E-state index contributed by atoms with van der Waals surface area (Å²) in [6.07, 6.45) is -2.36. The molecule has 0 bridgehead atoms. The van der Waals surface area contributed by atoms with Crippen LogP contribution in [-0.4, -0.2) is 17.4 Å². The molecule has 1 unspecified atom stereocenters. The van der Waals surface area contributed by atoms with Gasteiger partial charge in [0.1, 0.15) is 5.75 Å². The molecule has 5 heteroatoms. The zero-order valence-corrected chi connectivity index (χ0v) is 9.01. The van der Waals surface area contributed by atoms with E-state index in [1.807, 2.05) is 0 Å². The Bertz CT molecular complexity index is 369. The second-order valence-electron chi connectivity index (χ2n) is 3.14. The highest BCUT2D eigenvalue weighted by atomic mass is 35.5. The number of benzene rings is 1. The predicted molar refractivity (Wildman–Crippen MR) is 54.1 cm³/mol. The van der Waals surface area contributed by atoms with Crippen molar-refractivity contribution in [1.82, 2.24) is 0 Å². The highest BCUT2D eigenvalue weighted by Gasteiger charge is 2.17. The highest BCUT2D eigenvalue weighted by molar-refractivity contribution is 6.32. The molecule has 0 aliphatic carbocycles. The van der Waals surface area contributed by atoms with E-state index in [0.29, 0.717) is 16.1 Å². The summed E-state index contributed by atoms with van der Waals surface area (Å²) in [6, 6.07) is 2.98. The van der Waals surface area contributed by atoms with Crippen LogP contribution in [-0.2, 0) is 4.79 Å². The van der Waals surface area contributed by atoms with Crippen molar-refractivity contribution in [2.45, 2.75) is 20.2 Å². The van der Waals surface area contributed by atoms with E-state index >= 15 is 0 Å². The van der Waals surface area contributed by atoms with Crippen molar-refractivity contribution in [2.75, 3.05) is 0 Å². The number of ether oxygens (including phenoxy) is 1. The monoisotopic (exact) mass is 232 g/mol. The zero-order chi connectivity index (χ0) is 11.6. The number of halogens is 2. The van der Waals surface area contributed by atoms with Crippen molar-refractivity contribution in [3.05, 3.63) is 28.3 Å². The van der Waals surface area contributed by atoms with Crippen LogP contribution in [0.4, 0.5) is 4.39 Å². The number of carboxylic acids is 1. The summed E-state index contributed by atoms with van der Waals surface area (Å²) >= 11 is 5.88. The Morgan fingerprint density at radius 1 is 1.47 bits per heavy atom. The first-order valence-electron chi connectivity index (χ1n) is 4.22. The summed E-state index contributed by atoms with van der Waals surface area (Å²) < 4.78 is 17.3. The molecule has 0 spiro atoms. The van der Waals surface area contributed by atoms with Gasteiger partial charge in [0, 0.05) is 5.02 Å². The van der Waals surface area contributed by atoms with E-state index in [1.54, 1.807) is 13.8 Å². The number of carbonyl (C=O) groups is 1. The Labute approximate surface area is 91.4 Å². The number of carboxylic acid groups (broad SMARTS) is 1. The molecule has 15 heavy (non-hydrogen) atoms. The Balaban J connectivity index is 2.92. The third-order valence-corrected chi connectivity index (χ3v) is 2.44. The number of rotatable bonds is 3. The van der Waals surface area contributed by atoms with E-state index in [-0.39, 0.29) is 5.75 Å². The number of aliphatic carboxylic acids is 1. The Morgan fingerprint density at radius 2 is 1.93 bits per heavy atom. The molecular weight excluding hydrogens is 223 g/mol. The van der Waals surface area contributed by atoms with Gasteiger partial charge in [0.15, 0.2) is 0 Å². The lowest BCUT2D eigenvalue weighted by molar-refractivity contribution is -0.153. The lowest BCUT2D eigenvalue weighted by Gasteiger charge is -2.10. The van der Waals surface area contributed by atoms with E-state index in [0.717, 1.165) is 0 Å². The first kappa shape index (κ1) is 11.8. The van der Waals surface area contributed by atoms with Gasteiger partial charge >= 0.3 is 12.3 Å². The largest absolute Gasteiger partial charge is 0.476 e. The topological polar surface area (TPSA) is 46.5 Å². The van der Waals surface area contributed by atoms with E-state index in [2.05, 4.69) is 4.74 Å². The standard InChI is InChI=1S/C10H10ClFO3/c1-5-3-7(4-6(2)8(5)11)15-9(12)10(13)14/h3-4,9H,1-2H3,(H,13,14). The molecule has 1 aromatic carbocycles. The molecular formula is C10H10ClFO3. The third-order valence-electron chi connectivity index (χ3n) is 1.84. The summed E-state index contributed by atoms with van der Waals surface area (Å²) in [7, 11) is 0. The maximum Gasteiger partial charge on any atom is 0.378 e. The SMILES string of the molecule is Cc1cc(OC(F)C(=O)O)cc(C)c1Cl. The van der Waals surface area contributed by atoms with Gasteiger partial charge in [0.25, 0.3) is 0 Å². The van der Waals surface area contributed by atoms with Gasteiger partial charge in [-0.25, -0.2) is 4.79 Å². The van der Waals surface area contributed by atoms with E-state index < -0.39 is 12.3 Å². The number of aryl methyl sites for hydroxylation is 2. The number of hydrogen-bond donors (Lipinski definition) is 1. The summed E-state index contributed by atoms with van der Waals surface area (Å²) in [5.41, 5.74) is 1.42. The Hall–Kier alpha value is -1.29. The van der Waals surface area contributed by atoms with Crippen LogP contribution < -0.4 is 4.74 Å². The molecule has 0 saturated carbocycles. The zero-order valence-electron chi connectivity index (χ0n) is 8.25. The minimum Gasteiger partial charge on any atom is -0.476 e. The molecule has 0 heterocycles. The Kier molecular flexibility index (Phi) is 3.52. The van der Waals surface area contributed by atoms with Gasteiger partial charge in [-0.2, -0.15) is 4.39 Å². The molecule has 0 aromatic heterocycles. The van der Waals surface area contributed by atoms with Crippen LogP contribution in [0.1, 0.15) is 11.1 Å². The fourth-order valence-corrected chi connectivity index (χ4v) is 1.25. The first-order valence-corrected chi connectivity index (χ1v) is 4.60.